The number of rotatable bonds is 0. The molecule has 0 aromatic rings. The van der Waals surface area contributed by atoms with Crippen molar-refractivity contribution in [2.24, 2.45) is 0 Å². The van der Waals surface area contributed by atoms with E-state index in [1.54, 1.807) is 0 Å². The largest absolute Gasteiger partial charge is 0.207 e. The molecule has 0 heterocycles. The van der Waals surface area contributed by atoms with Crippen molar-refractivity contribution in [1.29, 1.82) is 0 Å². The van der Waals surface area contributed by atoms with Gasteiger partial charge in [0.05, 0.1) is 0 Å². The van der Waals surface area contributed by atoms with E-state index >= 15 is 0 Å². The third kappa shape index (κ3) is 1.70. The Morgan fingerprint density at radius 3 is 2.18 bits per heavy atom. The minimum atomic E-state index is 0.0278. The number of hydrogen-bond donors (Lipinski definition) is 0. The molecule has 0 fully saturated rings. The highest BCUT2D eigenvalue weighted by Crippen LogP contribution is 2.28. The summed E-state index contributed by atoms with van der Waals surface area (Å²) < 4.78 is 13.3. The van der Waals surface area contributed by atoms with E-state index in [9.17, 15) is 4.39 Å². The summed E-state index contributed by atoms with van der Waals surface area (Å²) in [6, 6.07) is 0. The molecule has 1 aliphatic carbocycles. The molecule has 0 aromatic heterocycles. The van der Waals surface area contributed by atoms with E-state index in [1.165, 1.54) is 5.57 Å². The normalized spacial score (nSPS) is 20.7. The van der Waals surface area contributed by atoms with E-state index in [2.05, 4.69) is 0 Å². The molecule has 0 saturated heterocycles. The molecule has 0 amide bonds. The maximum Gasteiger partial charge on any atom is 0.124 e. The molecule has 1 rings (SSSR count). The van der Waals surface area contributed by atoms with Crippen LogP contribution in [0.1, 0.15) is 40.0 Å². The number of allylic oxidation sites excluding steroid dienone is 4. The molecule has 0 radical (unpaired) electrons. The second kappa shape index (κ2) is 3.21. The molecule has 0 aromatic carbocycles. The van der Waals surface area contributed by atoms with Gasteiger partial charge in [-0.3, -0.25) is 0 Å². The van der Waals surface area contributed by atoms with E-state index in [0.717, 1.165) is 30.4 Å². The van der Waals surface area contributed by atoms with Crippen LogP contribution in [0, 0.1) is 0 Å². The van der Waals surface area contributed by atoms with Crippen LogP contribution in [0.15, 0.2) is 22.5 Å². The fourth-order valence-corrected chi connectivity index (χ4v) is 1.42. The summed E-state index contributed by atoms with van der Waals surface area (Å²) in [7, 11) is 0. The van der Waals surface area contributed by atoms with Gasteiger partial charge in [-0.05, 0) is 51.2 Å². The second-order valence-electron chi connectivity index (χ2n) is 3.35. The van der Waals surface area contributed by atoms with Gasteiger partial charge >= 0.3 is 0 Å². The van der Waals surface area contributed by atoms with Gasteiger partial charge < -0.3 is 0 Å². The van der Waals surface area contributed by atoms with Crippen LogP contribution in [0.5, 0.6) is 0 Å². The van der Waals surface area contributed by atoms with E-state index in [-0.39, 0.29) is 5.83 Å². The van der Waals surface area contributed by atoms with Crippen LogP contribution in [0.3, 0.4) is 0 Å². The first-order valence-electron chi connectivity index (χ1n) is 4.15. The molecule has 1 heteroatoms. The Morgan fingerprint density at radius 2 is 1.55 bits per heavy atom. The molecule has 0 bridgehead atoms. The van der Waals surface area contributed by atoms with Crippen LogP contribution in [0.25, 0.3) is 0 Å². The number of halogens is 1. The highest BCUT2D eigenvalue weighted by atomic mass is 19.1. The zero-order valence-corrected chi connectivity index (χ0v) is 7.50. The summed E-state index contributed by atoms with van der Waals surface area (Å²) in [6.45, 7) is 5.78. The lowest BCUT2D eigenvalue weighted by Gasteiger charge is -2.01. The van der Waals surface area contributed by atoms with Crippen molar-refractivity contribution >= 4 is 0 Å². The summed E-state index contributed by atoms with van der Waals surface area (Å²) in [6.07, 6.45) is 3.07. The van der Waals surface area contributed by atoms with Crippen LogP contribution >= 0.6 is 0 Å². The van der Waals surface area contributed by atoms with E-state index in [4.69, 9.17) is 0 Å². The Labute approximate surface area is 67.8 Å². The average Bonchev–Trinajstić information content (AvgIpc) is 2.07. The first-order chi connectivity index (χ1) is 5.13. The maximum absolute atomic E-state index is 13.3. The van der Waals surface area contributed by atoms with Crippen molar-refractivity contribution in [3.8, 4) is 0 Å². The molecule has 62 valence electrons. The van der Waals surface area contributed by atoms with Gasteiger partial charge in [0.15, 0.2) is 0 Å². The van der Waals surface area contributed by atoms with Gasteiger partial charge in [0, 0.05) is 0 Å². The molecule has 1 aliphatic rings. The van der Waals surface area contributed by atoms with Gasteiger partial charge in [-0.2, -0.15) is 0 Å². The summed E-state index contributed by atoms with van der Waals surface area (Å²) in [4.78, 5) is 0. The zero-order chi connectivity index (χ0) is 8.43. The Hall–Kier alpha value is -0.590. The minimum Gasteiger partial charge on any atom is -0.207 e. The van der Waals surface area contributed by atoms with Crippen molar-refractivity contribution in [2.75, 3.05) is 0 Å². The zero-order valence-electron chi connectivity index (χ0n) is 7.50. The van der Waals surface area contributed by atoms with Crippen molar-refractivity contribution < 1.29 is 4.39 Å². The van der Waals surface area contributed by atoms with E-state index in [0.29, 0.717) is 0 Å². The predicted molar refractivity (Wildman–Crippen MR) is 46.0 cm³/mol. The van der Waals surface area contributed by atoms with Gasteiger partial charge in [0.25, 0.3) is 0 Å². The Morgan fingerprint density at radius 1 is 1.00 bits per heavy atom. The Kier molecular flexibility index (Phi) is 2.48. The van der Waals surface area contributed by atoms with Crippen LogP contribution in [0.4, 0.5) is 4.39 Å². The van der Waals surface area contributed by atoms with Gasteiger partial charge in [0.2, 0.25) is 0 Å². The molecule has 11 heavy (non-hydrogen) atoms. The van der Waals surface area contributed by atoms with Crippen LogP contribution in [-0.2, 0) is 0 Å². The summed E-state index contributed by atoms with van der Waals surface area (Å²) in [5.74, 6) is 0.0278. The molecule has 0 aliphatic heterocycles. The lowest BCUT2D eigenvalue weighted by Crippen LogP contribution is -1.83. The van der Waals surface area contributed by atoms with Gasteiger partial charge in [-0.1, -0.05) is 5.57 Å². The molecular weight excluding hydrogens is 139 g/mol. The first kappa shape index (κ1) is 8.51. The van der Waals surface area contributed by atoms with Crippen molar-refractivity contribution in [3.63, 3.8) is 0 Å². The summed E-state index contributed by atoms with van der Waals surface area (Å²) >= 11 is 0. The topological polar surface area (TPSA) is 0 Å². The highest BCUT2D eigenvalue weighted by molar-refractivity contribution is 5.33. The lowest BCUT2D eigenvalue weighted by atomic mass is 10.1. The smallest absolute Gasteiger partial charge is 0.124 e. The molecule has 0 saturated carbocycles. The van der Waals surface area contributed by atoms with E-state index < -0.39 is 0 Å². The van der Waals surface area contributed by atoms with Gasteiger partial charge in [-0.15, -0.1) is 0 Å². The lowest BCUT2D eigenvalue weighted by molar-refractivity contribution is 0.632. The summed E-state index contributed by atoms with van der Waals surface area (Å²) in [5.41, 5.74) is 2.98. The van der Waals surface area contributed by atoms with Gasteiger partial charge in [-0.25, -0.2) is 4.39 Å². The second-order valence-corrected chi connectivity index (χ2v) is 3.35. The third-order valence-electron chi connectivity index (χ3n) is 2.45. The van der Waals surface area contributed by atoms with E-state index in [1.807, 2.05) is 20.8 Å². The Bertz CT molecular complexity index is 197. The van der Waals surface area contributed by atoms with Crippen LogP contribution < -0.4 is 0 Å². The quantitative estimate of drug-likeness (QED) is 0.498. The molecule has 0 N–H and O–H groups in total. The standard InChI is InChI=1S/C10H15F/c1-7-5-4-6-8(2)10(11)9(7)3/h4-6H2,1-3H3. The Balaban J connectivity index is 3.02. The van der Waals surface area contributed by atoms with Crippen molar-refractivity contribution in [3.05, 3.63) is 22.5 Å². The fraction of sp³-hybridized carbons (Fsp3) is 0.600. The van der Waals surface area contributed by atoms with Crippen LogP contribution in [0.2, 0.25) is 0 Å². The van der Waals surface area contributed by atoms with Crippen molar-refractivity contribution in [2.45, 2.75) is 40.0 Å². The van der Waals surface area contributed by atoms with Gasteiger partial charge in [0.1, 0.15) is 5.83 Å². The molecule has 0 unspecified atom stereocenters. The molecule has 0 nitrogen and oxygen atoms in total. The molecule has 0 spiro atoms. The maximum atomic E-state index is 13.3. The highest BCUT2D eigenvalue weighted by Gasteiger charge is 2.10. The fourth-order valence-electron chi connectivity index (χ4n) is 1.42. The average molecular weight is 154 g/mol. The third-order valence-corrected chi connectivity index (χ3v) is 2.45. The SMILES string of the molecule is CC1=C(C)C(F)=C(C)CCC1. The summed E-state index contributed by atoms with van der Waals surface area (Å²) in [5, 5.41) is 0. The predicted octanol–water partition coefficient (Wildman–Crippen LogP) is 3.75. The first-order valence-corrected chi connectivity index (χ1v) is 4.15. The number of hydrogen-bond acceptors (Lipinski definition) is 0. The van der Waals surface area contributed by atoms with Crippen LogP contribution in [-0.4, -0.2) is 0 Å². The van der Waals surface area contributed by atoms with Crippen molar-refractivity contribution in [1.82, 2.24) is 0 Å². The molecular formula is C10H15F. The monoisotopic (exact) mass is 154 g/mol. The minimum absolute atomic E-state index is 0.0278. The molecule has 0 atom stereocenters.